The van der Waals surface area contributed by atoms with E-state index in [4.69, 9.17) is 4.74 Å². The van der Waals surface area contributed by atoms with Crippen LogP contribution in [-0.2, 0) is 22.4 Å². The number of amides is 1. The first-order valence-corrected chi connectivity index (χ1v) is 11.1. The Hall–Kier alpha value is -1.40. The van der Waals surface area contributed by atoms with Crippen LogP contribution in [0.15, 0.2) is 0 Å². The van der Waals surface area contributed by atoms with Crippen LogP contribution >= 0.6 is 11.3 Å². The summed E-state index contributed by atoms with van der Waals surface area (Å²) >= 11 is 1.56. The number of likely N-dealkylation sites (N-methyl/N-ethyl adjacent to an activating group) is 1. The Morgan fingerprint density at radius 1 is 1.15 bits per heavy atom. The molecule has 1 saturated carbocycles. The topological polar surface area (TPSA) is 58.6 Å². The van der Waals surface area contributed by atoms with Crippen LogP contribution < -0.4 is 5.32 Å². The summed E-state index contributed by atoms with van der Waals surface area (Å²) in [7, 11) is 2.03. The fourth-order valence-corrected chi connectivity index (χ4v) is 5.48. The number of esters is 1. The Kier molecular flexibility index (Phi) is 6.93. The first kappa shape index (κ1) is 20.3. The van der Waals surface area contributed by atoms with Gasteiger partial charge in [-0.2, -0.15) is 0 Å². The lowest BCUT2D eigenvalue weighted by Gasteiger charge is -2.30. The predicted molar refractivity (Wildman–Crippen MR) is 110 cm³/mol. The summed E-state index contributed by atoms with van der Waals surface area (Å²) in [5, 5.41) is 3.70. The van der Waals surface area contributed by atoms with Crippen molar-refractivity contribution in [2.45, 2.75) is 83.8 Å². The third-order valence-corrected chi connectivity index (χ3v) is 6.77. The van der Waals surface area contributed by atoms with Gasteiger partial charge >= 0.3 is 5.97 Å². The molecule has 1 N–H and O–H groups in total. The van der Waals surface area contributed by atoms with E-state index in [1.165, 1.54) is 37.0 Å². The minimum absolute atomic E-state index is 0.0414. The van der Waals surface area contributed by atoms with Crippen molar-refractivity contribution in [1.29, 1.82) is 0 Å². The summed E-state index contributed by atoms with van der Waals surface area (Å²) in [6.07, 6.45) is 10.1. The van der Waals surface area contributed by atoms with Crippen LogP contribution in [0.2, 0.25) is 0 Å². The van der Waals surface area contributed by atoms with Gasteiger partial charge in [0.25, 0.3) is 0 Å². The minimum atomic E-state index is -0.305. The Balaban J connectivity index is 1.72. The molecule has 0 bridgehead atoms. The number of thiophene rings is 1. The molecule has 0 unspecified atom stereocenters. The van der Waals surface area contributed by atoms with Gasteiger partial charge < -0.3 is 10.1 Å². The van der Waals surface area contributed by atoms with Crippen LogP contribution in [0.4, 0.5) is 5.00 Å². The molecule has 0 saturated heterocycles. The second kappa shape index (κ2) is 9.20. The maximum absolute atomic E-state index is 12.7. The molecule has 0 atom stereocenters. The van der Waals surface area contributed by atoms with Gasteiger partial charge in [0.05, 0.1) is 18.2 Å². The summed E-state index contributed by atoms with van der Waals surface area (Å²) in [5.41, 5.74) is 1.69. The molecule has 2 aliphatic rings. The number of ether oxygens (including phenoxy) is 1. The lowest BCUT2D eigenvalue weighted by Crippen LogP contribution is -2.39. The summed E-state index contributed by atoms with van der Waals surface area (Å²) < 4.78 is 5.47. The SMILES string of the molecule is CC(C)OC(=O)c1c(NC(=O)CN(C)C2CCCCC2)sc2c1CCCC2. The Morgan fingerprint density at radius 3 is 2.56 bits per heavy atom. The third kappa shape index (κ3) is 5.11. The fourth-order valence-electron chi connectivity index (χ4n) is 4.19. The molecule has 1 heterocycles. The summed E-state index contributed by atoms with van der Waals surface area (Å²) in [5.74, 6) is -0.347. The summed E-state index contributed by atoms with van der Waals surface area (Å²) in [4.78, 5) is 28.8. The maximum atomic E-state index is 12.7. The quantitative estimate of drug-likeness (QED) is 0.729. The fraction of sp³-hybridized carbons (Fsp3) is 0.714. The lowest BCUT2D eigenvalue weighted by molar-refractivity contribution is -0.117. The van der Waals surface area contributed by atoms with Crippen molar-refractivity contribution in [2.24, 2.45) is 0 Å². The molecule has 0 aliphatic heterocycles. The number of hydrogen-bond acceptors (Lipinski definition) is 5. The van der Waals surface area contributed by atoms with E-state index < -0.39 is 0 Å². The number of anilines is 1. The van der Waals surface area contributed by atoms with Gasteiger partial charge in [-0.3, -0.25) is 9.69 Å². The molecule has 27 heavy (non-hydrogen) atoms. The van der Waals surface area contributed by atoms with Crippen LogP contribution in [0.25, 0.3) is 0 Å². The zero-order valence-electron chi connectivity index (χ0n) is 16.8. The van der Waals surface area contributed by atoms with Crippen LogP contribution in [0.1, 0.15) is 79.6 Å². The molecule has 5 nitrogen and oxygen atoms in total. The molecule has 2 aliphatic carbocycles. The van der Waals surface area contributed by atoms with Crippen molar-refractivity contribution >= 4 is 28.2 Å². The van der Waals surface area contributed by atoms with Gasteiger partial charge in [0, 0.05) is 10.9 Å². The monoisotopic (exact) mass is 392 g/mol. The van der Waals surface area contributed by atoms with Crippen LogP contribution in [-0.4, -0.2) is 42.5 Å². The Labute approximate surface area is 166 Å². The minimum Gasteiger partial charge on any atom is -0.459 e. The highest BCUT2D eigenvalue weighted by molar-refractivity contribution is 7.17. The van der Waals surface area contributed by atoms with E-state index in [0.29, 0.717) is 23.2 Å². The van der Waals surface area contributed by atoms with Crippen molar-refractivity contribution in [3.8, 4) is 0 Å². The van der Waals surface area contributed by atoms with Crippen LogP contribution in [0, 0.1) is 0 Å². The highest BCUT2D eigenvalue weighted by Gasteiger charge is 2.28. The predicted octanol–water partition coefficient (Wildman–Crippen LogP) is 4.40. The smallest absolute Gasteiger partial charge is 0.341 e. The van der Waals surface area contributed by atoms with E-state index >= 15 is 0 Å². The molecule has 150 valence electrons. The van der Waals surface area contributed by atoms with E-state index in [0.717, 1.165) is 31.2 Å². The van der Waals surface area contributed by atoms with Crippen molar-refractivity contribution in [3.63, 3.8) is 0 Å². The molecule has 0 radical (unpaired) electrons. The molecular weight excluding hydrogens is 360 g/mol. The number of nitrogens with zero attached hydrogens (tertiary/aromatic N) is 1. The number of carbonyl (C=O) groups is 2. The van der Waals surface area contributed by atoms with Gasteiger partial charge in [0.1, 0.15) is 5.00 Å². The molecule has 3 rings (SSSR count). The van der Waals surface area contributed by atoms with Crippen molar-refractivity contribution < 1.29 is 14.3 Å². The highest BCUT2D eigenvalue weighted by atomic mass is 32.1. The van der Waals surface area contributed by atoms with Crippen molar-refractivity contribution in [3.05, 3.63) is 16.0 Å². The highest BCUT2D eigenvalue weighted by Crippen LogP contribution is 2.38. The molecular formula is C21H32N2O3S. The summed E-state index contributed by atoms with van der Waals surface area (Å²) in [6.45, 7) is 4.08. The van der Waals surface area contributed by atoms with E-state index in [1.807, 2.05) is 20.9 Å². The number of nitrogens with one attached hydrogen (secondary N) is 1. The average Bonchev–Trinajstić information content (AvgIpc) is 2.99. The normalized spacial score (nSPS) is 17.8. The Bertz CT molecular complexity index is 677. The van der Waals surface area contributed by atoms with Crippen LogP contribution in [0.5, 0.6) is 0 Å². The van der Waals surface area contributed by atoms with Gasteiger partial charge in [0.15, 0.2) is 0 Å². The molecule has 1 fully saturated rings. The number of aryl methyl sites for hydroxylation is 1. The zero-order valence-corrected chi connectivity index (χ0v) is 17.6. The largest absolute Gasteiger partial charge is 0.459 e. The molecule has 1 amide bonds. The van der Waals surface area contributed by atoms with Crippen LogP contribution in [0.3, 0.4) is 0 Å². The Morgan fingerprint density at radius 2 is 1.85 bits per heavy atom. The second-order valence-electron chi connectivity index (χ2n) is 8.12. The number of carbonyl (C=O) groups excluding carboxylic acids is 2. The molecule has 6 heteroatoms. The lowest BCUT2D eigenvalue weighted by atomic mass is 9.94. The third-order valence-electron chi connectivity index (χ3n) is 5.56. The molecule has 0 spiro atoms. The van der Waals surface area contributed by atoms with E-state index in [2.05, 4.69) is 10.2 Å². The molecule has 1 aromatic heterocycles. The number of hydrogen-bond donors (Lipinski definition) is 1. The zero-order chi connectivity index (χ0) is 19.4. The van der Waals surface area contributed by atoms with Crippen molar-refractivity contribution in [1.82, 2.24) is 4.90 Å². The second-order valence-corrected chi connectivity index (χ2v) is 9.23. The number of rotatable bonds is 6. The van der Waals surface area contributed by atoms with Gasteiger partial charge in [-0.05, 0) is 65.0 Å². The molecule has 0 aromatic carbocycles. The van der Waals surface area contributed by atoms with E-state index in [9.17, 15) is 9.59 Å². The van der Waals surface area contributed by atoms with Gasteiger partial charge in [-0.15, -0.1) is 11.3 Å². The number of fused-ring (bicyclic) bond motifs is 1. The molecule has 1 aromatic rings. The maximum Gasteiger partial charge on any atom is 0.341 e. The van der Waals surface area contributed by atoms with Gasteiger partial charge in [-0.25, -0.2) is 4.79 Å². The first-order valence-electron chi connectivity index (χ1n) is 10.3. The first-order chi connectivity index (χ1) is 13.0. The average molecular weight is 393 g/mol. The summed E-state index contributed by atoms with van der Waals surface area (Å²) in [6, 6.07) is 0.492. The van der Waals surface area contributed by atoms with Crippen molar-refractivity contribution in [2.75, 3.05) is 18.9 Å². The standard InChI is InChI=1S/C21H32N2O3S/c1-14(2)26-21(25)19-16-11-7-8-12-17(16)27-20(19)22-18(24)13-23(3)15-9-5-4-6-10-15/h14-15H,4-13H2,1-3H3,(H,22,24). The van der Waals surface area contributed by atoms with E-state index in [1.54, 1.807) is 11.3 Å². The van der Waals surface area contributed by atoms with E-state index in [-0.39, 0.29) is 18.0 Å². The van der Waals surface area contributed by atoms with Gasteiger partial charge in [-0.1, -0.05) is 19.3 Å². The van der Waals surface area contributed by atoms with Gasteiger partial charge in [0.2, 0.25) is 5.91 Å².